The molecule has 4 N–H and O–H groups in total. The van der Waals surface area contributed by atoms with E-state index < -0.39 is 11.5 Å². The molecule has 1 atom stereocenters. The van der Waals surface area contributed by atoms with Crippen molar-refractivity contribution in [3.63, 3.8) is 0 Å². The molecule has 0 heterocycles. The Balaban J connectivity index is 2.14. The second-order valence-corrected chi connectivity index (χ2v) is 7.15. The summed E-state index contributed by atoms with van der Waals surface area (Å²) in [5.74, 6) is -0.328. The summed E-state index contributed by atoms with van der Waals surface area (Å²) in [6, 6.07) is 7.57. The van der Waals surface area contributed by atoms with Crippen molar-refractivity contribution in [3.05, 3.63) is 41.5 Å². The zero-order valence-corrected chi connectivity index (χ0v) is 14.7. The summed E-state index contributed by atoms with van der Waals surface area (Å²) in [7, 11) is 0. The van der Waals surface area contributed by atoms with Gasteiger partial charge in [0.25, 0.3) is 0 Å². The first-order chi connectivity index (χ1) is 11.3. The normalized spacial score (nSPS) is 14.6. The van der Waals surface area contributed by atoms with Crippen molar-refractivity contribution >= 4 is 17.4 Å². The largest absolute Gasteiger partial charge is 0.353 e. The number of carbonyl (C=O) groups excluding carboxylic acids is 2. The number of carbonyl (C=O) groups is 2. The number of amides is 2. The van der Waals surface area contributed by atoms with Gasteiger partial charge in [-0.15, -0.1) is 0 Å². The zero-order valence-electron chi connectivity index (χ0n) is 14.7. The second kappa shape index (κ2) is 7.62. The van der Waals surface area contributed by atoms with Crippen molar-refractivity contribution in [2.75, 3.05) is 13.1 Å². The number of benzene rings is 1. The van der Waals surface area contributed by atoms with Crippen LogP contribution in [-0.2, 0) is 16.0 Å². The van der Waals surface area contributed by atoms with Crippen molar-refractivity contribution in [2.24, 2.45) is 11.1 Å². The Labute approximate surface area is 143 Å². The molecule has 2 amide bonds. The summed E-state index contributed by atoms with van der Waals surface area (Å²) in [6.07, 6.45) is 3.49. The Kier molecular flexibility index (Phi) is 5.78. The first-order valence-corrected chi connectivity index (χ1v) is 8.39. The molecule has 2 rings (SSSR count). The monoisotopic (exact) mass is 329 g/mol. The topological polar surface area (TPSA) is 84.2 Å². The van der Waals surface area contributed by atoms with Crippen LogP contribution < -0.4 is 16.4 Å². The molecule has 130 valence electrons. The molecule has 1 unspecified atom stereocenters. The van der Waals surface area contributed by atoms with Crippen LogP contribution in [0.25, 0.3) is 5.57 Å². The minimum atomic E-state index is -0.597. The Morgan fingerprint density at radius 3 is 2.62 bits per heavy atom. The first-order valence-electron chi connectivity index (χ1n) is 8.39. The number of nitrogens with one attached hydrogen (secondary N) is 2. The van der Waals surface area contributed by atoms with Crippen LogP contribution >= 0.6 is 0 Å². The van der Waals surface area contributed by atoms with E-state index in [-0.39, 0.29) is 11.8 Å². The Hall–Kier alpha value is -2.14. The van der Waals surface area contributed by atoms with Gasteiger partial charge in [-0.25, -0.2) is 0 Å². The van der Waals surface area contributed by atoms with E-state index in [1.54, 1.807) is 0 Å². The molecule has 0 aliphatic heterocycles. The molecule has 5 nitrogen and oxygen atoms in total. The Bertz CT molecular complexity index is 644. The van der Waals surface area contributed by atoms with Gasteiger partial charge in [0.2, 0.25) is 11.8 Å². The smallest absolute Gasteiger partial charge is 0.242 e. The van der Waals surface area contributed by atoms with Crippen LogP contribution in [0.3, 0.4) is 0 Å². The number of hydrogen-bond acceptors (Lipinski definition) is 3. The summed E-state index contributed by atoms with van der Waals surface area (Å²) >= 11 is 0. The number of rotatable bonds is 6. The van der Waals surface area contributed by atoms with Crippen molar-refractivity contribution in [1.82, 2.24) is 10.6 Å². The molecule has 1 aromatic rings. The Morgan fingerprint density at radius 1 is 1.25 bits per heavy atom. The van der Waals surface area contributed by atoms with Crippen LogP contribution in [0, 0.1) is 5.41 Å². The van der Waals surface area contributed by atoms with Crippen molar-refractivity contribution in [1.29, 1.82) is 0 Å². The lowest BCUT2D eigenvalue weighted by molar-refractivity contribution is -0.133. The molecule has 0 radical (unpaired) electrons. The minimum Gasteiger partial charge on any atom is -0.353 e. The van der Waals surface area contributed by atoms with E-state index in [4.69, 9.17) is 5.73 Å². The molecule has 0 bridgehead atoms. The fraction of sp³-hybridized carbons (Fsp3) is 0.474. The third kappa shape index (κ3) is 4.45. The molecule has 1 aliphatic carbocycles. The van der Waals surface area contributed by atoms with Crippen LogP contribution in [0.2, 0.25) is 0 Å². The summed E-state index contributed by atoms with van der Waals surface area (Å²) in [5.41, 5.74) is 8.44. The maximum absolute atomic E-state index is 12.5. The number of allylic oxidation sites excluding steroid dienone is 1. The maximum Gasteiger partial charge on any atom is 0.242 e. The fourth-order valence-electron chi connectivity index (χ4n) is 2.67. The lowest BCUT2D eigenvalue weighted by Gasteiger charge is -2.24. The van der Waals surface area contributed by atoms with E-state index >= 15 is 0 Å². The molecular weight excluding hydrogens is 302 g/mol. The van der Waals surface area contributed by atoms with Crippen LogP contribution in [0.1, 0.15) is 38.3 Å². The molecule has 0 aromatic heterocycles. The average Bonchev–Trinajstić information content (AvgIpc) is 2.94. The van der Waals surface area contributed by atoms with Gasteiger partial charge in [-0.1, -0.05) is 51.1 Å². The maximum atomic E-state index is 12.5. The molecule has 0 saturated heterocycles. The van der Waals surface area contributed by atoms with Gasteiger partial charge < -0.3 is 16.4 Å². The SMILES string of the molecule is CC(C)(C)C(=O)NC(CC1=CCc2ccccc21)C(=O)NCCN. The highest BCUT2D eigenvalue weighted by Crippen LogP contribution is 2.30. The van der Waals surface area contributed by atoms with E-state index in [0.717, 1.165) is 12.0 Å². The highest BCUT2D eigenvalue weighted by Gasteiger charge is 2.29. The second-order valence-electron chi connectivity index (χ2n) is 7.15. The number of nitrogens with two attached hydrogens (primary N) is 1. The summed E-state index contributed by atoms with van der Waals surface area (Å²) < 4.78 is 0. The molecule has 0 fully saturated rings. The highest BCUT2D eigenvalue weighted by molar-refractivity contribution is 5.91. The predicted molar refractivity (Wildman–Crippen MR) is 96.2 cm³/mol. The molecular formula is C19H27N3O2. The number of hydrogen-bond donors (Lipinski definition) is 3. The molecule has 1 aliphatic rings. The molecule has 1 aromatic carbocycles. The van der Waals surface area contributed by atoms with Gasteiger partial charge in [-0.3, -0.25) is 9.59 Å². The van der Waals surface area contributed by atoms with E-state index in [1.807, 2.05) is 32.9 Å². The minimum absolute atomic E-state index is 0.137. The van der Waals surface area contributed by atoms with Gasteiger partial charge in [0, 0.05) is 24.9 Å². The van der Waals surface area contributed by atoms with Crippen molar-refractivity contribution in [2.45, 2.75) is 39.7 Å². The van der Waals surface area contributed by atoms with E-state index in [9.17, 15) is 9.59 Å². The van der Waals surface area contributed by atoms with Gasteiger partial charge in [0.15, 0.2) is 0 Å². The van der Waals surface area contributed by atoms with Gasteiger partial charge in [-0.05, 0) is 23.1 Å². The Morgan fingerprint density at radius 2 is 1.96 bits per heavy atom. The summed E-state index contributed by atoms with van der Waals surface area (Å²) in [5, 5.41) is 5.67. The lowest BCUT2D eigenvalue weighted by atomic mass is 9.93. The number of fused-ring (bicyclic) bond motifs is 1. The fourth-order valence-corrected chi connectivity index (χ4v) is 2.67. The van der Waals surface area contributed by atoms with Crippen LogP contribution in [0.5, 0.6) is 0 Å². The van der Waals surface area contributed by atoms with Gasteiger partial charge in [-0.2, -0.15) is 0 Å². The predicted octanol–water partition coefficient (Wildman–Crippen LogP) is 1.62. The molecule has 5 heteroatoms. The van der Waals surface area contributed by atoms with Crippen molar-refractivity contribution < 1.29 is 9.59 Å². The summed E-state index contributed by atoms with van der Waals surface area (Å²) in [4.78, 5) is 24.8. The molecule has 24 heavy (non-hydrogen) atoms. The standard InChI is InChI=1S/C19H27N3O2/c1-19(2,3)18(24)22-16(17(23)21-11-10-20)12-14-9-8-13-6-4-5-7-15(13)14/h4-7,9,16H,8,10-12,20H2,1-3H3,(H,21,23)(H,22,24). The molecule has 0 spiro atoms. The average molecular weight is 329 g/mol. The first kappa shape index (κ1) is 18.2. The zero-order chi connectivity index (χ0) is 17.7. The summed E-state index contributed by atoms with van der Waals surface area (Å²) in [6.45, 7) is 6.28. The van der Waals surface area contributed by atoms with E-state index in [2.05, 4.69) is 28.8 Å². The van der Waals surface area contributed by atoms with Crippen molar-refractivity contribution in [3.8, 4) is 0 Å². The third-order valence-corrected chi connectivity index (χ3v) is 4.10. The van der Waals surface area contributed by atoms with Crippen LogP contribution in [0.4, 0.5) is 0 Å². The third-order valence-electron chi connectivity index (χ3n) is 4.10. The van der Waals surface area contributed by atoms with Gasteiger partial charge >= 0.3 is 0 Å². The lowest BCUT2D eigenvalue weighted by Crippen LogP contribution is -2.50. The van der Waals surface area contributed by atoms with E-state index in [1.165, 1.54) is 11.1 Å². The van der Waals surface area contributed by atoms with E-state index in [0.29, 0.717) is 19.5 Å². The molecule has 0 saturated carbocycles. The van der Waals surface area contributed by atoms with Gasteiger partial charge in [0.1, 0.15) is 6.04 Å². The van der Waals surface area contributed by atoms with Crippen LogP contribution in [-0.4, -0.2) is 30.9 Å². The van der Waals surface area contributed by atoms with Gasteiger partial charge in [0.05, 0.1) is 0 Å². The quantitative estimate of drug-likeness (QED) is 0.741. The highest BCUT2D eigenvalue weighted by atomic mass is 16.2. The van der Waals surface area contributed by atoms with Crippen LogP contribution in [0.15, 0.2) is 30.3 Å².